The molecule has 0 saturated carbocycles. The fraction of sp³-hybridized carbons (Fsp3) is 0.583. The third kappa shape index (κ3) is 9.48. The molecule has 0 unspecified atom stereocenters. The molecule has 0 amide bonds. The van der Waals surface area contributed by atoms with Crippen molar-refractivity contribution in [1.29, 1.82) is 0 Å². The predicted octanol–water partition coefficient (Wildman–Crippen LogP) is 4.29. The first-order valence-electron chi connectivity index (χ1n) is 4.95. The highest BCUT2D eigenvalue weighted by atomic mass is 13.9. The topological polar surface area (TPSA) is 0 Å². The summed E-state index contributed by atoms with van der Waals surface area (Å²) in [5.74, 6) is 0. The van der Waals surface area contributed by atoms with Crippen molar-refractivity contribution in [3.8, 4) is 0 Å². The van der Waals surface area contributed by atoms with E-state index >= 15 is 0 Å². The summed E-state index contributed by atoms with van der Waals surface area (Å²) in [4.78, 5) is 0. The standard InChI is InChI=1S/C12H21/c1-3-5-7-9-11-12-10-8-6-4-2/h3-4,6,11H,1,5,7-10,12H2,2H3. The minimum Gasteiger partial charge on any atom is -0.103 e. The Labute approximate surface area is 77.4 Å². The molecule has 0 aromatic carbocycles. The van der Waals surface area contributed by atoms with Gasteiger partial charge in [-0.1, -0.05) is 18.2 Å². The molecule has 0 spiro atoms. The Morgan fingerprint density at radius 2 is 1.67 bits per heavy atom. The van der Waals surface area contributed by atoms with Crippen LogP contribution < -0.4 is 0 Å². The molecular formula is C12H21. The molecule has 0 aromatic heterocycles. The van der Waals surface area contributed by atoms with Crippen molar-refractivity contribution in [3.05, 3.63) is 31.2 Å². The molecule has 12 heavy (non-hydrogen) atoms. The minimum absolute atomic E-state index is 1.16. The minimum atomic E-state index is 1.16. The quantitative estimate of drug-likeness (QED) is 0.372. The average Bonchev–Trinajstić information content (AvgIpc) is 2.10. The van der Waals surface area contributed by atoms with Crippen LogP contribution in [0.25, 0.3) is 0 Å². The van der Waals surface area contributed by atoms with Crippen LogP contribution >= 0.6 is 0 Å². The van der Waals surface area contributed by atoms with Crippen LogP contribution in [0.3, 0.4) is 0 Å². The molecule has 0 saturated heterocycles. The fourth-order valence-electron chi connectivity index (χ4n) is 1.10. The molecule has 1 radical (unpaired) electrons. The van der Waals surface area contributed by atoms with E-state index in [4.69, 9.17) is 0 Å². The predicted molar refractivity (Wildman–Crippen MR) is 57.0 cm³/mol. The summed E-state index contributed by atoms with van der Waals surface area (Å²) in [5.41, 5.74) is 0. The van der Waals surface area contributed by atoms with Gasteiger partial charge in [0.2, 0.25) is 0 Å². The molecule has 0 fully saturated rings. The third-order valence-electron chi connectivity index (χ3n) is 1.83. The van der Waals surface area contributed by atoms with Gasteiger partial charge >= 0.3 is 0 Å². The van der Waals surface area contributed by atoms with E-state index in [0.29, 0.717) is 0 Å². The van der Waals surface area contributed by atoms with Gasteiger partial charge in [0, 0.05) is 0 Å². The Morgan fingerprint density at radius 1 is 1.00 bits per heavy atom. The van der Waals surface area contributed by atoms with Crippen LogP contribution in [0.5, 0.6) is 0 Å². The summed E-state index contributed by atoms with van der Waals surface area (Å²) in [5, 5.41) is 0. The lowest BCUT2D eigenvalue weighted by molar-refractivity contribution is 0.740. The second-order valence-corrected chi connectivity index (χ2v) is 3.01. The highest BCUT2D eigenvalue weighted by Gasteiger charge is 1.88. The molecule has 0 atom stereocenters. The maximum absolute atomic E-state index is 3.70. The zero-order chi connectivity index (χ0) is 9.07. The molecule has 0 bridgehead atoms. The number of unbranched alkanes of at least 4 members (excludes halogenated alkanes) is 6. The van der Waals surface area contributed by atoms with Crippen LogP contribution in [-0.4, -0.2) is 0 Å². The second-order valence-electron chi connectivity index (χ2n) is 3.01. The summed E-state index contributed by atoms with van der Waals surface area (Å²) in [6.07, 6.45) is 16.2. The van der Waals surface area contributed by atoms with E-state index in [1.165, 1.54) is 32.1 Å². The van der Waals surface area contributed by atoms with Crippen molar-refractivity contribution in [2.24, 2.45) is 0 Å². The molecular weight excluding hydrogens is 144 g/mol. The van der Waals surface area contributed by atoms with Crippen molar-refractivity contribution >= 4 is 0 Å². The van der Waals surface area contributed by atoms with E-state index in [9.17, 15) is 0 Å². The van der Waals surface area contributed by atoms with E-state index < -0.39 is 0 Å². The van der Waals surface area contributed by atoms with Crippen LogP contribution in [0, 0.1) is 6.42 Å². The van der Waals surface area contributed by atoms with Gasteiger partial charge < -0.3 is 0 Å². The SMILES string of the molecule is C=CCCC[CH]CCCC=CC. The molecule has 69 valence electrons. The summed E-state index contributed by atoms with van der Waals surface area (Å²) in [6, 6.07) is 0. The zero-order valence-corrected chi connectivity index (χ0v) is 8.26. The van der Waals surface area contributed by atoms with Gasteiger partial charge in [0.05, 0.1) is 0 Å². The first-order chi connectivity index (χ1) is 5.91. The summed E-state index contributed by atoms with van der Waals surface area (Å²) in [6.45, 7) is 5.77. The first kappa shape index (κ1) is 11.5. The van der Waals surface area contributed by atoms with E-state index in [1.807, 2.05) is 6.08 Å². The fourth-order valence-corrected chi connectivity index (χ4v) is 1.10. The molecule has 0 aromatic rings. The summed E-state index contributed by atoms with van der Waals surface area (Å²) in [7, 11) is 0. The van der Waals surface area contributed by atoms with Crippen molar-refractivity contribution in [2.45, 2.75) is 45.4 Å². The molecule has 0 aliphatic rings. The Morgan fingerprint density at radius 3 is 2.25 bits per heavy atom. The van der Waals surface area contributed by atoms with Crippen LogP contribution in [0.15, 0.2) is 24.8 Å². The zero-order valence-electron chi connectivity index (χ0n) is 8.26. The van der Waals surface area contributed by atoms with Gasteiger partial charge in [-0.25, -0.2) is 0 Å². The van der Waals surface area contributed by atoms with Crippen LogP contribution in [0.4, 0.5) is 0 Å². The first-order valence-corrected chi connectivity index (χ1v) is 4.95. The third-order valence-corrected chi connectivity index (χ3v) is 1.83. The van der Waals surface area contributed by atoms with Gasteiger partial charge in [-0.2, -0.15) is 0 Å². The van der Waals surface area contributed by atoms with Gasteiger partial charge in [-0.3, -0.25) is 0 Å². The van der Waals surface area contributed by atoms with E-state index in [0.717, 1.165) is 6.42 Å². The summed E-state index contributed by atoms with van der Waals surface area (Å²) < 4.78 is 0. The maximum atomic E-state index is 3.70. The maximum Gasteiger partial charge on any atom is -0.0351 e. The van der Waals surface area contributed by atoms with Crippen molar-refractivity contribution in [3.63, 3.8) is 0 Å². The smallest absolute Gasteiger partial charge is 0.0351 e. The van der Waals surface area contributed by atoms with Crippen LogP contribution in [0.2, 0.25) is 0 Å². The Hall–Kier alpha value is -0.520. The molecule has 0 N–H and O–H groups in total. The highest BCUT2D eigenvalue weighted by molar-refractivity contribution is 4.78. The van der Waals surface area contributed by atoms with Crippen molar-refractivity contribution in [1.82, 2.24) is 0 Å². The lowest BCUT2D eigenvalue weighted by Gasteiger charge is -1.96. The Bertz CT molecular complexity index is 111. The number of hydrogen-bond donors (Lipinski definition) is 0. The van der Waals surface area contributed by atoms with Gasteiger partial charge in [-0.05, 0) is 51.9 Å². The number of hydrogen-bond acceptors (Lipinski definition) is 0. The molecule has 0 heterocycles. The Kier molecular flexibility index (Phi) is 10.0. The van der Waals surface area contributed by atoms with E-state index in [-0.39, 0.29) is 0 Å². The van der Waals surface area contributed by atoms with Crippen molar-refractivity contribution < 1.29 is 0 Å². The molecule has 0 aliphatic heterocycles. The van der Waals surface area contributed by atoms with Gasteiger partial charge in [0.1, 0.15) is 0 Å². The number of rotatable bonds is 8. The second kappa shape index (κ2) is 10.5. The largest absolute Gasteiger partial charge is 0.103 e. The van der Waals surface area contributed by atoms with Crippen LogP contribution in [0.1, 0.15) is 45.4 Å². The normalized spacial score (nSPS) is 10.8. The average molecular weight is 165 g/mol. The van der Waals surface area contributed by atoms with Gasteiger partial charge in [0.15, 0.2) is 0 Å². The van der Waals surface area contributed by atoms with Crippen molar-refractivity contribution in [2.75, 3.05) is 0 Å². The molecule has 0 heteroatoms. The number of allylic oxidation sites excluding steroid dienone is 3. The van der Waals surface area contributed by atoms with Gasteiger partial charge in [-0.15, -0.1) is 6.58 Å². The monoisotopic (exact) mass is 165 g/mol. The Balaban J connectivity index is 2.86. The molecule has 0 nitrogen and oxygen atoms in total. The van der Waals surface area contributed by atoms with Gasteiger partial charge in [0.25, 0.3) is 0 Å². The highest BCUT2D eigenvalue weighted by Crippen LogP contribution is 2.06. The molecule has 0 rings (SSSR count). The summed E-state index contributed by atoms with van der Waals surface area (Å²) >= 11 is 0. The van der Waals surface area contributed by atoms with E-state index in [1.54, 1.807) is 0 Å². The molecule has 0 aliphatic carbocycles. The lowest BCUT2D eigenvalue weighted by Crippen LogP contribution is -1.78. The lowest BCUT2D eigenvalue weighted by atomic mass is 10.1. The van der Waals surface area contributed by atoms with Crippen LogP contribution in [-0.2, 0) is 0 Å². The van der Waals surface area contributed by atoms with E-state index in [2.05, 4.69) is 32.1 Å².